The molecule has 2 rings (SSSR count). The minimum atomic E-state index is -0.655. The molecule has 0 unspecified atom stereocenters. The number of nitrogens with zero attached hydrogens (tertiary/aromatic N) is 3. The zero-order chi connectivity index (χ0) is 17.2. The average Bonchev–Trinajstić information content (AvgIpc) is 3.16. The summed E-state index contributed by atoms with van der Waals surface area (Å²) in [4.78, 5) is 0. The first-order chi connectivity index (χ1) is 11.7. The number of hydrogen-bond acceptors (Lipinski definition) is 6. The van der Waals surface area contributed by atoms with Crippen LogP contribution in [0.5, 0.6) is 0 Å². The summed E-state index contributed by atoms with van der Waals surface area (Å²) in [6.07, 6.45) is 9.94. The van der Waals surface area contributed by atoms with Crippen molar-refractivity contribution in [3.63, 3.8) is 0 Å². The lowest BCUT2D eigenvalue weighted by Gasteiger charge is -2.14. The molecule has 0 saturated carbocycles. The number of aromatic nitrogens is 3. The van der Waals surface area contributed by atoms with Gasteiger partial charge in [-0.05, 0) is 6.42 Å². The molecule has 1 fully saturated rings. The van der Waals surface area contributed by atoms with Crippen LogP contribution in [0.2, 0.25) is 0 Å². The smallest absolute Gasteiger partial charge is 0.108 e. The molecule has 3 N–H and O–H groups in total. The van der Waals surface area contributed by atoms with Crippen molar-refractivity contribution in [3.05, 3.63) is 11.9 Å². The number of aliphatic hydroxyl groups is 1. The average molecular weight is 340 g/mol. The Morgan fingerprint density at radius 2 is 2.04 bits per heavy atom. The van der Waals surface area contributed by atoms with Gasteiger partial charge < -0.3 is 20.3 Å². The van der Waals surface area contributed by atoms with E-state index in [9.17, 15) is 5.11 Å². The van der Waals surface area contributed by atoms with E-state index in [1.54, 1.807) is 0 Å². The van der Waals surface area contributed by atoms with E-state index in [0.717, 1.165) is 18.7 Å². The van der Waals surface area contributed by atoms with E-state index in [1.165, 1.54) is 38.5 Å². The number of aryl methyl sites for hydroxylation is 1. The van der Waals surface area contributed by atoms with Gasteiger partial charge >= 0.3 is 0 Å². The van der Waals surface area contributed by atoms with Crippen LogP contribution < -0.4 is 5.73 Å². The number of hydrogen-bond donors (Lipinski definition) is 2. The normalized spacial score (nSPS) is 23.9. The van der Waals surface area contributed by atoms with Crippen molar-refractivity contribution in [1.82, 2.24) is 15.0 Å². The second-order valence-electron chi connectivity index (χ2n) is 6.64. The summed E-state index contributed by atoms with van der Waals surface area (Å²) in [5.74, 6) is 0. The Labute approximate surface area is 144 Å². The maximum absolute atomic E-state index is 9.79. The van der Waals surface area contributed by atoms with Crippen LogP contribution in [0.3, 0.4) is 0 Å². The van der Waals surface area contributed by atoms with Crippen LogP contribution >= 0.6 is 0 Å². The molecule has 0 aliphatic carbocycles. The third kappa shape index (κ3) is 6.47. The first-order valence-corrected chi connectivity index (χ1v) is 9.22. The minimum Gasteiger partial charge on any atom is -0.389 e. The largest absolute Gasteiger partial charge is 0.389 e. The van der Waals surface area contributed by atoms with Crippen molar-refractivity contribution in [3.8, 4) is 0 Å². The summed E-state index contributed by atoms with van der Waals surface area (Å²) in [6, 6.07) is -0.318. The van der Waals surface area contributed by atoms with Crippen molar-refractivity contribution in [2.24, 2.45) is 5.73 Å². The molecular weight excluding hydrogens is 308 g/mol. The molecule has 0 bridgehead atoms. The molecule has 7 heteroatoms. The summed E-state index contributed by atoms with van der Waals surface area (Å²) in [5.41, 5.74) is 6.49. The predicted octanol–water partition coefficient (Wildman–Crippen LogP) is 1.63. The summed E-state index contributed by atoms with van der Waals surface area (Å²) in [6.45, 7) is 4.21. The molecule has 1 aliphatic heterocycles. The lowest BCUT2D eigenvalue weighted by molar-refractivity contribution is -0.0299. The van der Waals surface area contributed by atoms with Gasteiger partial charge in [0.15, 0.2) is 0 Å². The molecule has 24 heavy (non-hydrogen) atoms. The zero-order valence-corrected chi connectivity index (χ0v) is 14.8. The number of rotatable bonds is 12. The lowest BCUT2D eigenvalue weighted by atomic mass is 10.1. The topological polar surface area (TPSA) is 95.4 Å². The highest BCUT2D eigenvalue weighted by molar-refractivity contribution is 4.90. The predicted molar refractivity (Wildman–Crippen MR) is 91.4 cm³/mol. The minimum absolute atomic E-state index is 0.318. The Morgan fingerprint density at radius 1 is 1.29 bits per heavy atom. The number of aliphatic hydroxyl groups excluding tert-OH is 1. The van der Waals surface area contributed by atoms with Crippen LogP contribution in [-0.4, -0.2) is 51.6 Å². The number of nitrogens with two attached hydrogens (primary N) is 1. The van der Waals surface area contributed by atoms with Gasteiger partial charge in [-0.15, -0.1) is 5.10 Å². The van der Waals surface area contributed by atoms with Crippen LogP contribution in [-0.2, 0) is 22.6 Å². The second kappa shape index (κ2) is 10.8. The Morgan fingerprint density at radius 3 is 2.75 bits per heavy atom. The zero-order valence-electron chi connectivity index (χ0n) is 14.8. The fourth-order valence-electron chi connectivity index (χ4n) is 2.88. The molecule has 7 nitrogen and oxygen atoms in total. The summed E-state index contributed by atoms with van der Waals surface area (Å²) < 4.78 is 12.8. The maximum atomic E-state index is 9.79. The van der Waals surface area contributed by atoms with Crippen LogP contribution in [0.4, 0.5) is 0 Å². The second-order valence-corrected chi connectivity index (χ2v) is 6.64. The monoisotopic (exact) mass is 340 g/mol. The fraction of sp³-hybridized carbons (Fsp3) is 0.882. The lowest BCUT2D eigenvalue weighted by Crippen LogP contribution is -2.38. The Balaban J connectivity index is 1.54. The van der Waals surface area contributed by atoms with Gasteiger partial charge in [-0.3, -0.25) is 4.68 Å². The first-order valence-electron chi connectivity index (χ1n) is 9.22. The van der Waals surface area contributed by atoms with Crippen molar-refractivity contribution in [2.45, 2.75) is 83.3 Å². The first kappa shape index (κ1) is 19.3. The van der Waals surface area contributed by atoms with E-state index in [-0.39, 0.29) is 12.1 Å². The van der Waals surface area contributed by atoms with E-state index < -0.39 is 6.10 Å². The quantitative estimate of drug-likeness (QED) is 0.562. The molecule has 3 atom stereocenters. The number of ether oxygens (including phenoxy) is 2. The van der Waals surface area contributed by atoms with Gasteiger partial charge in [0.1, 0.15) is 11.8 Å². The summed E-state index contributed by atoms with van der Waals surface area (Å²) in [7, 11) is 0. The van der Waals surface area contributed by atoms with Crippen molar-refractivity contribution < 1.29 is 14.6 Å². The number of unbranched alkanes of at least 4 members (excludes halogenated alkanes) is 6. The van der Waals surface area contributed by atoms with E-state index in [0.29, 0.717) is 19.8 Å². The Hall–Kier alpha value is -1.02. The highest BCUT2D eigenvalue weighted by Gasteiger charge is 2.33. The highest BCUT2D eigenvalue weighted by atomic mass is 16.5. The molecule has 0 spiro atoms. The van der Waals surface area contributed by atoms with Crippen molar-refractivity contribution in [1.29, 1.82) is 0 Å². The van der Waals surface area contributed by atoms with E-state index in [4.69, 9.17) is 15.2 Å². The molecule has 0 radical (unpaired) electrons. The molecule has 1 saturated heterocycles. The van der Waals surface area contributed by atoms with Crippen molar-refractivity contribution >= 4 is 0 Å². The fourth-order valence-corrected chi connectivity index (χ4v) is 2.88. The van der Waals surface area contributed by atoms with E-state index >= 15 is 0 Å². The Bertz CT molecular complexity index is 455. The standard InChI is InChI=1S/C17H32N4O3/c1-2-3-4-5-6-7-8-9-21-10-14(19-20-21)11-23-13-16-17(22)15(18)12-24-16/h10,15-17,22H,2-9,11-13,18H2,1H3/t15-,16-,17+/m0/s1. The van der Waals surface area contributed by atoms with Crippen molar-refractivity contribution in [2.75, 3.05) is 13.2 Å². The van der Waals surface area contributed by atoms with Crippen LogP contribution in [0, 0.1) is 0 Å². The van der Waals surface area contributed by atoms with Crippen LogP contribution in [0.25, 0.3) is 0 Å². The molecule has 1 aliphatic rings. The third-order valence-electron chi connectivity index (χ3n) is 4.43. The van der Waals surface area contributed by atoms with Crippen LogP contribution in [0.15, 0.2) is 6.20 Å². The summed E-state index contributed by atoms with van der Waals surface area (Å²) >= 11 is 0. The summed E-state index contributed by atoms with van der Waals surface area (Å²) in [5, 5.41) is 18.0. The molecule has 1 aromatic rings. The molecule has 1 aromatic heterocycles. The Kier molecular flexibility index (Phi) is 8.66. The third-order valence-corrected chi connectivity index (χ3v) is 4.43. The van der Waals surface area contributed by atoms with Gasteiger partial charge in [-0.1, -0.05) is 50.7 Å². The molecular formula is C17H32N4O3. The van der Waals surface area contributed by atoms with Gasteiger partial charge in [-0.2, -0.15) is 0 Å². The molecule has 0 aromatic carbocycles. The molecule has 138 valence electrons. The van der Waals surface area contributed by atoms with Crippen LogP contribution in [0.1, 0.15) is 57.6 Å². The van der Waals surface area contributed by atoms with E-state index in [2.05, 4.69) is 17.2 Å². The SMILES string of the molecule is CCCCCCCCCn1cc(COC[C@@H]2OC[C@H](N)[C@H]2O)nn1. The van der Waals surface area contributed by atoms with Gasteiger partial charge in [0.25, 0.3) is 0 Å². The van der Waals surface area contributed by atoms with Gasteiger partial charge in [-0.25, -0.2) is 0 Å². The molecule has 0 amide bonds. The highest BCUT2D eigenvalue weighted by Crippen LogP contribution is 2.13. The molecule has 2 heterocycles. The maximum Gasteiger partial charge on any atom is 0.108 e. The van der Waals surface area contributed by atoms with Gasteiger partial charge in [0.2, 0.25) is 0 Å². The van der Waals surface area contributed by atoms with Gasteiger partial charge in [0.05, 0.1) is 38.2 Å². The van der Waals surface area contributed by atoms with E-state index in [1.807, 2.05) is 10.9 Å². The van der Waals surface area contributed by atoms with Gasteiger partial charge in [0, 0.05) is 6.54 Å².